The summed E-state index contributed by atoms with van der Waals surface area (Å²) in [6.45, 7) is 9.60. The van der Waals surface area contributed by atoms with Gasteiger partial charge in [0.2, 0.25) is 10.0 Å². The van der Waals surface area contributed by atoms with Crippen molar-refractivity contribution in [2.75, 3.05) is 39.3 Å². The van der Waals surface area contributed by atoms with E-state index in [2.05, 4.69) is 10.2 Å². The van der Waals surface area contributed by atoms with E-state index in [9.17, 15) is 18.0 Å². The molecular formula is C28H36N4O5S. The molecule has 2 amide bonds. The van der Waals surface area contributed by atoms with Crippen LogP contribution in [-0.4, -0.2) is 79.9 Å². The lowest BCUT2D eigenvalue weighted by Crippen LogP contribution is -2.56. The van der Waals surface area contributed by atoms with Crippen LogP contribution >= 0.6 is 0 Å². The summed E-state index contributed by atoms with van der Waals surface area (Å²) < 4.78 is 33.5. The van der Waals surface area contributed by atoms with Gasteiger partial charge in [-0.1, -0.05) is 48.0 Å². The molecule has 2 heterocycles. The smallest absolute Gasteiger partial charge is 0.338 e. The van der Waals surface area contributed by atoms with Crippen LogP contribution in [0.15, 0.2) is 70.8 Å². The normalized spacial score (nSPS) is 21.4. The topological polar surface area (TPSA) is 99.3 Å². The molecule has 1 fully saturated rings. The number of ether oxygens (including phenoxy) is 1. The first kappa shape index (κ1) is 27.8. The van der Waals surface area contributed by atoms with Gasteiger partial charge in [-0.15, -0.1) is 0 Å². The van der Waals surface area contributed by atoms with Crippen molar-refractivity contribution in [2.24, 2.45) is 0 Å². The summed E-state index contributed by atoms with van der Waals surface area (Å²) in [5.74, 6) is -0.467. The molecule has 0 aromatic heterocycles. The number of hydrogen-bond acceptors (Lipinski definition) is 6. The molecule has 9 nitrogen and oxygen atoms in total. The van der Waals surface area contributed by atoms with E-state index in [0.717, 1.165) is 11.1 Å². The Morgan fingerprint density at radius 1 is 1.08 bits per heavy atom. The lowest BCUT2D eigenvalue weighted by Gasteiger charge is -2.42. The number of urea groups is 1. The molecule has 0 saturated carbocycles. The van der Waals surface area contributed by atoms with Crippen LogP contribution in [0.5, 0.6) is 0 Å². The minimum Gasteiger partial charge on any atom is -0.463 e. The van der Waals surface area contributed by atoms with Gasteiger partial charge >= 0.3 is 12.0 Å². The zero-order valence-corrected chi connectivity index (χ0v) is 23.2. The summed E-state index contributed by atoms with van der Waals surface area (Å²) in [6.07, 6.45) is 0. The number of carbonyl (C=O) groups excluding carboxylic acids is 2. The number of benzene rings is 2. The van der Waals surface area contributed by atoms with Crippen LogP contribution in [0, 0.1) is 6.92 Å². The Hall–Kier alpha value is -3.21. The third-order valence-corrected chi connectivity index (χ3v) is 9.03. The lowest BCUT2D eigenvalue weighted by atomic mass is 9.93. The second-order valence-electron chi connectivity index (χ2n) is 9.63. The van der Waals surface area contributed by atoms with Gasteiger partial charge in [-0.05, 0) is 45.4 Å². The van der Waals surface area contributed by atoms with Crippen molar-refractivity contribution < 1.29 is 22.7 Å². The second-order valence-corrected chi connectivity index (χ2v) is 11.5. The van der Waals surface area contributed by atoms with Gasteiger partial charge in [-0.2, -0.15) is 4.31 Å². The number of rotatable bonds is 8. The van der Waals surface area contributed by atoms with Crippen molar-refractivity contribution in [3.63, 3.8) is 0 Å². The third-order valence-electron chi connectivity index (χ3n) is 7.00. The molecule has 0 unspecified atom stereocenters. The second kappa shape index (κ2) is 11.7. The average Bonchev–Trinajstić information content (AvgIpc) is 2.89. The monoisotopic (exact) mass is 540 g/mol. The van der Waals surface area contributed by atoms with Crippen molar-refractivity contribution in [2.45, 2.75) is 44.7 Å². The molecule has 0 spiro atoms. The fraction of sp³-hybridized carbons (Fsp3) is 0.429. The number of likely N-dealkylation sites (N-methyl/N-ethyl adjacent to an activating group) is 1. The molecule has 4 rings (SSSR count). The first-order valence-corrected chi connectivity index (χ1v) is 14.4. The summed E-state index contributed by atoms with van der Waals surface area (Å²) in [5.41, 5.74) is 2.82. The van der Waals surface area contributed by atoms with Crippen LogP contribution in [0.2, 0.25) is 0 Å². The number of amides is 2. The molecule has 204 valence electrons. The molecule has 10 heteroatoms. The molecule has 2 aromatic carbocycles. The fourth-order valence-corrected chi connectivity index (χ4v) is 6.85. The molecule has 0 bridgehead atoms. The van der Waals surface area contributed by atoms with Crippen molar-refractivity contribution in [3.8, 4) is 0 Å². The van der Waals surface area contributed by atoms with Gasteiger partial charge in [0.25, 0.3) is 0 Å². The Labute approximate surface area is 225 Å². The molecule has 0 radical (unpaired) electrons. The SMILES string of the molecule is CCOC(=O)C1=C(CN2CCN(S(=O)(=O)c3ccccc3)[C@H](C)C2)N(CC)C(=O)N[C@H]1c1cccc(C)c1. The maximum Gasteiger partial charge on any atom is 0.338 e. The minimum atomic E-state index is -3.63. The standard InChI is InChI=1S/C28H36N4O5S/c1-5-31-24(19-30-15-16-32(21(4)18-30)38(35,36)23-13-8-7-9-14-23)25(27(33)37-6-2)26(29-28(31)34)22-12-10-11-20(3)17-22/h7-14,17,21,26H,5-6,15-16,18-19H2,1-4H3,(H,29,34)/t21-,26+/m1/s1. The number of hydrogen-bond donors (Lipinski definition) is 1. The Morgan fingerprint density at radius 3 is 2.45 bits per heavy atom. The van der Waals surface area contributed by atoms with Crippen LogP contribution in [0.3, 0.4) is 0 Å². The number of aryl methyl sites for hydroxylation is 1. The van der Waals surface area contributed by atoms with Gasteiger partial charge in [-0.25, -0.2) is 18.0 Å². The van der Waals surface area contributed by atoms with Crippen molar-refractivity contribution in [3.05, 3.63) is 77.0 Å². The number of carbonyl (C=O) groups is 2. The lowest BCUT2D eigenvalue weighted by molar-refractivity contribution is -0.139. The number of sulfonamides is 1. The van der Waals surface area contributed by atoms with E-state index in [4.69, 9.17) is 4.74 Å². The molecule has 0 aliphatic carbocycles. The Morgan fingerprint density at radius 2 is 1.82 bits per heavy atom. The molecule has 2 aliphatic heterocycles. The van der Waals surface area contributed by atoms with Crippen molar-refractivity contribution >= 4 is 22.0 Å². The first-order valence-electron chi connectivity index (χ1n) is 13.0. The van der Waals surface area contributed by atoms with Gasteiger partial charge < -0.3 is 10.1 Å². The zero-order valence-electron chi connectivity index (χ0n) is 22.4. The maximum absolute atomic E-state index is 13.3. The van der Waals surface area contributed by atoms with E-state index >= 15 is 0 Å². The molecule has 1 saturated heterocycles. The Balaban J connectivity index is 1.66. The summed E-state index contributed by atoms with van der Waals surface area (Å²) >= 11 is 0. The van der Waals surface area contributed by atoms with E-state index in [0.29, 0.717) is 44.0 Å². The highest BCUT2D eigenvalue weighted by Crippen LogP contribution is 2.33. The fourth-order valence-electron chi connectivity index (χ4n) is 5.21. The molecule has 2 aromatic rings. The van der Waals surface area contributed by atoms with Gasteiger partial charge in [0.05, 0.1) is 23.1 Å². The maximum atomic E-state index is 13.3. The van der Waals surface area contributed by atoms with Gasteiger partial charge in [0.15, 0.2) is 0 Å². The van der Waals surface area contributed by atoms with E-state index < -0.39 is 22.0 Å². The van der Waals surface area contributed by atoms with E-state index in [1.165, 1.54) is 4.31 Å². The number of nitrogens with one attached hydrogen (secondary N) is 1. The highest BCUT2D eigenvalue weighted by molar-refractivity contribution is 7.89. The van der Waals surface area contributed by atoms with Crippen LogP contribution in [-0.2, 0) is 19.6 Å². The Bertz CT molecular complexity index is 1310. The van der Waals surface area contributed by atoms with Crippen LogP contribution in [0.1, 0.15) is 37.9 Å². The first-order chi connectivity index (χ1) is 18.2. The van der Waals surface area contributed by atoms with Crippen molar-refractivity contribution in [1.29, 1.82) is 0 Å². The van der Waals surface area contributed by atoms with Gasteiger partial charge in [0.1, 0.15) is 0 Å². The number of esters is 1. The molecular weight excluding hydrogens is 504 g/mol. The quantitative estimate of drug-likeness (QED) is 0.516. The van der Waals surface area contributed by atoms with E-state index in [1.807, 2.05) is 45.0 Å². The largest absolute Gasteiger partial charge is 0.463 e. The van der Waals surface area contributed by atoms with Crippen molar-refractivity contribution in [1.82, 2.24) is 19.4 Å². The summed E-state index contributed by atoms with van der Waals surface area (Å²) in [4.78, 5) is 30.5. The molecule has 1 N–H and O–H groups in total. The summed E-state index contributed by atoms with van der Waals surface area (Å²) in [6, 6.07) is 14.9. The molecule has 2 atom stereocenters. The highest BCUT2D eigenvalue weighted by atomic mass is 32.2. The Kier molecular flexibility index (Phi) is 8.54. The van der Waals surface area contributed by atoms with Gasteiger partial charge in [-0.3, -0.25) is 9.80 Å². The average molecular weight is 541 g/mol. The molecule has 38 heavy (non-hydrogen) atoms. The van der Waals surface area contributed by atoms with E-state index in [1.54, 1.807) is 42.2 Å². The van der Waals surface area contributed by atoms with E-state index in [-0.39, 0.29) is 23.6 Å². The number of piperazine rings is 1. The predicted molar refractivity (Wildman–Crippen MR) is 145 cm³/mol. The highest BCUT2D eigenvalue weighted by Gasteiger charge is 2.40. The van der Waals surface area contributed by atoms with Crippen LogP contribution in [0.4, 0.5) is 4.79 Å². The number of nitrogens with zero attached hydrogens (tertiary/aromatic N) is 3. The summed E-state index contributed by atoms with van der Waals surface area (Å²) in [5, 5.41) is 2.99. The summed E-state index contributed by atoms with van der Waals surface area (Å²) in [7, 11) is -3.63. The molecule has 2 aliphatic rings. The predicted octanol–water partition coefficient (Wildman–Crippen LogP) is 3.29. The van der Waals surface area contributed by atoms with Gasteiger partial charge in [0, 0.05) is 44.5 Å². The minimum absolute atomic E-state index is 0.212. The van der Waals surface area contributed by atoms with Crippen LogP contribution in [0.25, 0.3) is 0 Å². The van der Waals surface area contributed by atoms with Crippen LogP contribution < -0.4 is 5.32 Å². The zero-order chi connectivity index (χ0) is 27.4. The third kappa shape index (κ3) is 5.62.